The van der Waals surface area contributed by atoms with Crippen molar-refractivity contribution in [2.75, 3.05) is 6.61 Å². The Morgan fingerprint density at radius 2 is 2.12 bits per heavy atom. The number of furan rings is 1. The maximum atomic E-state index is 11.7. The average molecular weight is 331 g/mol. The highest BCUT2D eigenvalue weighted by atomic mass is 16.6. The van der Waals surface area contributed by atoms with E-state index in [4.69, 9.17) is 9.15 Å². The van der Waals surface area contributed by atoms with Crippen LogP contribution >= 0.6 is 0 Å². The molecule has 0 fully saturated rings. The van der Waals surface area contributed by atoms with Crippen LogP contribution in [0.1, 0.15) is 31.1 Å². The van der Waals surface area contributed by atoms with Crippen LogP contribution < -0.4 is 10.2 Å². The topological polar surface area (TPSA) is 107 Å². The normalized spacial score (nSPS) is 11.0. The van der Waals surface area contributed by atoms with E-state index >= 15 is 0 Å². The lowest BCUT2D eigenvalue weighted by atomic mass is 10.0. The van der Waals surface area contributed by atoms with Gasteiger partial charge in [-0.05, 0) is 23.6 Å². The standard InChI is InChI=1S/C16H17N3O5/c1-11(2)13-5-3-4-6-14(13)23-10-15(20)18-17-9-12-7-8-16(24-12)19(21)22/h3-9,11H,10H2,1-2H3,(H,18,20). The van der Waals surface area contributed by atoms with Crippen LogP contribution in [-0.4, -0.2) is 23.7 Å². The lowest BCUT2D eigenvalue weighted by molar-refractivity contribution is -0.402. The zero-order chi connectivity index (χ0) is 17.5. The van der Waals surface area contributed by atoms with E-state index in [-0.39, 0.29) is 18.3 Å². The second-order valence-electron chi connectivity index (χ2n) is 5.21. The quantitative estimate of drug-likeness (QED) is 0.477. The second kappa shape index (κ2) is 7.91. The van der Waals surface area contributed by atoms with Gasteiger partial charge in [-0.1, -0.05) is 32.0 Å². The molecule has 1 amide bonds. The Bertz CT molecular complexity index is 752. The highest BCUT2D eigenvalue weighted by Gasteiger charge is 2.11. The molecule has 0 radical (unpaired) electrons. The van der Waals surface area contributed by atoms with Crippen molar-refractivity contribution in [2.45, 2.75) is 19.8 Å². The molecule has 0 aliphatic carbocycles. The van der Waals surface area contributed by atoms with E-state index in [0.717, 1.165) is 5.56 Å². The van der Waals surface area contributed by atoms with Crippen LogP contribution in [0.25, 0.3) is 0 Å². The molecule has 0 atom stereocenters. The highest BCUT2D eigenvalue weighted by Crippen LogP contribution is 2.25. The SMILES string of the molecule is CC(C)c1ccccc1OCC(=O)NN=Cc1ccc([N+](=O)[O-])o1. The van der Waals surface area contributed by atoms with Crippen molar-refractivity contribution in [1.82, 2.24) is 5.43 Å². The first-order chi connectivity index (χ1) is 11.5. The number of benzene rings is 1. The van der Waals surface area contributed by atoms with Crippen molar-refractivity contribution in [3.8, 4) is 5.75 Å². The van der Waals surface area contributed by atoms with Crippen LogP contribution in [0.4, 0.5) is 5.88 Å². The smallest absolute Gasteiger partial charge is 0.433 e. The molecule has 0 aliphatic rings. The maximum absolute atomic E-state index is 11.7. The summed E-state index contributed by atoms with van der Waals surface area (Å²) in [6, 6.07) is 10.1. The lowest BCUT2D eigenvalue weighted by Crippen LogP contribution is -2.24. The Labute approximate surface area is 138 Å². The molecule has 8 nitrogen and oxygen atoms in total. The first kappa shape index (κ1) is 17.2. The summed E-state index contributed by atoms with van der Waals surface area (Å²) in [5.74, 6) is 0.237. The number of para-hydroxylation sites is 1. The van der Waals surface area contributed by atoms with Crippen molar-refractivity contribution in [3.05, 3.63) is 57.8 Å². The van der Waals surface area contributed by atoms with Gasteiger partial charge in [0.25, 0.3) is 5.91 Å². The van der Waals surface area contributed by atoms with E-state index in [2.05, 4.69) is 10.5 Å². The molecular formula is C16H17N3O5. The number of carbonyl (C=O) groups is 1. The molecule has 1 N–H and O–H groups in total. The zero-order valence-electron chi connectivity index (χ0n) is 13.3. The largest absolute Gasteiger partial charge is 0.483 e. The summed E-state index contributed by atoms with van der Waals surface area (Å²) in [5, 5.41) is 14.1. The molecule has 0 saturated carbocycles. The summed E-state index contributed by atoms with van der Waals surface area (Å²) in [6.07, 6.45) is 1.17. The average Bonchev–Trinajstić information content (AvgIpc) is 3.02. The first-order valence-electron chi connectivity index (χ1n) is 7.25. The molecule has 0 aliphatic heterocycles. The van der Waals surface area contributed by atoms with Crippen LogP contribution in [-0.2, 0) is 4.79 Å². The van der Waals surface area contributed by atoms with Crippen LogP contribution in [0, 0.1) is 10.1 Å². The predicted molar refractivity (Wildman–Crippen MR) is 87.1 cm³/mol. The Kier molecular flexibility index (Phi) is 5.67. The van der Waals surface area contributed by atoms with Gasteiger partial charge in [0, 0.05) is 0 Å². The minimum Gasteiger partial charge on any atom is -0.483 e. The third kappa shape index (κ3) is 4.67. The predicted octanol–water partition coefficient (Wildman–Crippen LogP) is 2.84. The Morgan fingerprint density at radius 1 is 1.38 bits per heavy atom. The first-order valence-corrected chi connectivity index (χ1v) is 7.25. The summed E-state index contributed by atoms with van der Waals surface area (Å²) in [7, 11) is 0. The molecule has 0 unspecified atom stereocenters. The van der Waals surface area contributed by atoms with Gasteiger partial charge in [-0.25, -0.2) is 5.43 Å². The van der Waals surface area contributed by atoms with Gasteiger partial charge in [-0.3, -0.25) is 14.9 Å². The molecule has 2 aromatic rings. The molecule has 1 aromatic heterocycles. The summed E-state index contributed by atoms with van der Waals surface area (Å²) < 4.78 is 10.4. The summed E-state index contributed by atoms with van der Waals surface area (Å²) in [6.45, 7) is 3.88. The molecule has 24 heavy (non-hydrogen) atoms. The van der Waals surface area contributed by atoms with Crippen LogP contribution in [0.15, 0.2) is 45.9 Å². The lowest BCUT2D eigenvalue weighted by Gasteiger charge is -2.12. The van der Waals surface area contributed by atoms with Crippen LogP contribution in [0.3, 0.4) is 0 Å². The van der Waals surface area contributed by atoms with Gasteiger partial charge in [0.05, 0.1) is 12.3 Å². The number of nitrogens with zero attached hydrogens (tertiary/aromatic N) is 2. The molecule has 0 saturated heterocycles. The monoisotopic (exact) mass is 331 g/mol. The fourth-order valence-electron chi connectivity index (χ4n) is 1.94. The van der Waals surface area contributed by atoms with Gasteiger partial charge in [-0.15, -0.1) is 0 Å². The highest BCUT2D eigenvalue weighted by molar-refractivity contribution is 5.81. The van der Waals surface area contributed by atoms with Crippen molar-refractivity contribution in [3.63, 3.8) is 0 Å². The minimum absolute atomic E-state index is 0.160. The van der Waals surface area contributed by atoms with Gasteiger partial charge in [0.2, 0.25) is 0 Å². The maximum Gasteiger partial charge on any atom is 0.433 e. The third-order valence-corrected chi connectivity index (χ3v) is 3.07. The van der Waals surface area contributed by atoms with E-state index in [1.807, 2.05) is 32.0 Å². The molecule has 0 spiro atoms. The second-order valence-corrected chi connectivity index (χ2v) is 5.21. The van der Waals surface area contributed by atoms with E-state index in [0.29, 0.717) is 5.75 Å². The van der Waals surface area contributed by atoms with Gasteiger partial charge in [-0.2, -0.15) is 5.10 Å². The van der Waals surface area contributed by atoms with Gasteiger partial charge >= 0.3 is 5.88 Å². The van der Waals surface area contributed by atoms with Crippen molar-refractivity contribution in [1.29, 1.82) is 0 Å². The summed E-state index contributed by atoms with van der Waals surface area (Å²) in [4.78, 5) is 21.5. The fraction of sp³-hybridized carbons (Fsp3) is 0.250. The van der Waals surface area contributed by atoms with E-state index < -0.39 is 16.7 Å². The number of rotatable bonds is 7. The number of hydrogen-bond donors (Lipinski definition) is 1. The van der Waals surface area contributed by atoms with E-state index in [1.165, 1.54) is 18.3 Å². The Balaban J connectivity index is 1.85. The molecule has 126 valence electrons. The Hall–Kier alpha value is -3.16. The minimum atomic E-state index is -0.657. The van der Waals surface area contributed by atoms with Crippen molar-refractivity contribution >= 4 is 18.0 Å². The number of hydrazone groups is 1. The summed E-state index contributed by atoms with van der Waals surface area (Å²) >= 11 is 0. The molecular weight excluding hydrogens is 314 g/mol. The number of carbonyl (C=O) groups excluding carboxylic acids is 1. The zero-order valence-corrected chi connectivity index (χ0v) is 13.3. The fourth-order valence-corrected chi connectivity index (χ4v) is 1.94. The number of nitro groups is 1. The van der Waals surface area contributed by atoms with E-state index in [1.54, 1.807) is 6.07 Å². The molecule has 1 heterocycles. The molecule has 1 aromatic carbocycles. The number of hydrogen-bond acceptors (Lipinski definition) is 6. The molecule has 0 bridgehead atoms. The van der Waals surface area contributed by atoms with Crippen molar-refractivity contribution < 1.29 is 18.9 Å². The molecule has 8 heteroatoms. The number of nitrogens with one attached hydrogen (secondary N) is 1. The number of ether oxygens (including phenoxy) is 1. The molecule has 2 rings (SSSR count). The Morgan fingerprint density at radius 3 is 2.79 bits per heavy atom. The third-order valence-electron chi connectivity index (χ3n) is 3.07. The van der Waals surface area contributed by atoms with Crippen molar-refractivity contribution in [2.24, 2.45) is 5.10 Å². The number of amides is 1. The van der Waals surface area contributed by atoms with Crippen LogP contribution in [0.5, 0.6) is 5.75 Å². The van der Waals surface area contributed by atoms with Gasteiger partial charge in [0.1, 0.15) is 10.7 Å². The van der Waals surface area contributed by atoms with Gasteiger partial charge in [0.15, 0.2) is 12.4 Å². The van der Waals surface area contributed by atoms with E-state index in [9.17, 15) is 14.9 Å². The van der Waals surface area contributed by atoms with Gasteiger partial charge < -0.3 is 9.15 Å². The summed E-state index contributed by atoms with van der Waals surface area (Å²) in [5.41, 5.74) is 3.28. The van der Waals surface area contributed by atoms with Crippen LogP contribution in [0.2, 0.25) is 0 Å².